The normalized spacial score (nSPS) is 27.3. The van der Waals surface area contributed by atoms with Crippen molar-refractivity contribution in [2.75, 3.05) is 13.2 Å². The van der Waals surface area contributed by atoms with Gasteiger partial charge in [-0.05, 0) is 30.6 Å². The number of carbonyl (C=O) groups is 2. The third-order valence-corrected chi connectivity index (χ3v) is 3.83. The Balaban J connectivity index is 2.39. The van der Waals surface area contributed by atoms with E-state index in [9.17, 15) is 9.59 Å². The highest BCUT2D eigenvalue weighted by molar-refractivity contribution is 5.81. The molecule has 0 spiro atoms. The monoisotopic (exact) mass is 271 g/mol. The average Bonchev–Trinajstić information content (AvgIpc) is 2.33. The highest BCUT2D eigenvalue weighted by atomic mass is 16.5. The standard InChI is InChI=1S/C14H25NO4/c1-9(2)11-5-4-10(3)6-12(11)19-8-13(16)15-7-14(17)18/h9-12H,4-8H2,1-3H3,(H,15,16)(H,17,18). The SMILES string of the molecule is CC1CCC(C(C)C)C(OCC(=O)NCC(=O)O)C1. The summed E-state index contributed by atoms with van der Waals surface area (Å²) < 4.78 is 5.72. The van der Waals surface area contributed by atoms with Crippen LogP contribution in [0.1, 0.15) is 40.0 Å². The van der Waals surface area contributed by atoms with Crippen molar-refractivity contribution in [3.8, 4) is 0 Å². The van der Waals surface area contributed by atoms with E-state index in [1.54, 1.807) is 0 Å². The first-order valence-electron chi connectivity index (χ1n) is 7.00. The average molecular weight is 271 g/mol. The second-order valence-corrected chi connectivity index (χ2v) is 5.85. The van der Waals surface area contributed by atoms with Gasteiger partial charge in [-0.3, -0.25) is 9.59 Å². The van der Waals surface area contributed by atoms with Gasteiger partial charge in [0.1, 0.15) is 13.2 Å². The molecule has 0 aromatic carbocycles. The minimum atomic E-state index is -1.04. The fourth-order valence-corrected chi connectivity index (χ4v) is 2.71. The Kier molecular flexibility index (Phi) is 6.28. The first kappa shape index (κ1) is 16.0. The van der Waals surface area contributed by atoms with E-state index in [0.717, 1.165) is 12.8 Å². The van der Waals surface area contributed by atoms with Crippen molar-refractivity contribution >= 4 is 11.9 Å². The van der Waals surface area contributed by atoms with Crippen LogP contribution in [-0.4, -0.2) is 36.2 Å². The summed E-state index contributed by atoms with van der Waals surface area (Å²) >= 11 is 0. The molecule has 3 unspecified atom stereocenters. The highest BCUT2D eigenvalue weighted by Crippen LogP contribution is 2.35. The van der Waals surface area contributed by atoms with Gasteiger partial charge in [0, 0.05) is 0 Å². The van der Waals surface area contributed by atoms with Gasteiger partial charge >= 0.3 is 5.97 Å². The Morgan fingerprint density at radius 3 is 2.63 bits per heavy atom. The molecular formula is C14H25NO4. The van der Waals surface area contributed by atoms with E-state index < -0.39 is 5.97 Å². The van der Waals surface area contributed by atoms with Crippen LogP contribution in [0, 0.1) is 17.8 Å². The zero-order chi connectivity index (χ0) is 14.4. The second kappa shape index (κ2) is 7.48. The van der Waals surface area contributed by atoms with Crippen molar-refractivity contribution in [1.82, 2.24) is 5.32 Å². The molecule has 0 aromatic rings. The smallest absolute Gasteiger partial charge is 0.322 e. The van der Waals surface area contributed by atoms with E-state index in [4.69, 9.17) is 9.84 Å². The topological polar surface area (TPSA) is 75.6 Å². The van der Waals surface area contributed by atoms with Gasteiger partial charge in [0.2, 0.25) is 5.91 Å². The molecule has 110 valence electrons. The number of ether oxygens (including phenoxy) is 1. The highest BCUT2D eigenvalue weighted by Gasteiger charge is 2.31. The molecule has 1 fully saturated rings. The van der Waals surface area contributed by atoms with Gasteiger partial charge in [-0.1, -0.05) is 27.2 Å². The number of hydrogen-bond acceptors (Lipinski definition) is 3. The molecule has 0 bridgehead atoms. The number of nitrogens with one attached hydrogen (secondary N) is 1. The summed E-state index contributed by atoms with van der Waals surface area (Å²) in [5.74, 6) is 0.257. The fourth-order valence-electron chi connectivity index (χ4n) is 2.71. The molecular weight excluding hydrogens is 246 g/mol. The lowest BCUT2D eigenvalue weighted by molar-refractivity contribution is -0.140. The van der Waals surface area contributed by atoms with Crippen molar-refractivity contribution in [1.29, 1.82) is 0 Å². The Labute approximate surface area is 114 Å². The predicted octanol–water partition coefficient (Wildman–Crippen LogP) is 1.66. The molecule has 0 aromatic heterocycles. The molecule has 0 heterocycles. The number of amides is 1. The lowest BCUT2D eigenvalue weighted by Gasteiger charge is -2.37. The van der Waals surface area contributed by atoms with Gasteiger partial charge in [0.25, 0.3) is 0 Å². The number of carboxylic acid groups (broad SMARTS) is 1. The maximum atomic E-state index is 11.4. The van der Waals surface area contributed by atoms with Gasteiger partial charge in [-0.15, -0.1) is 0 Å². The van der Waals surface area contributed by atoms with Crippen LogP contribution in [0.5, 0.6) is 0 Å². The van der Waals surface area contributed by atoms with Crippen molar-refractivity contribution in [3.63, 3.8) is 0 Å². The Bertz CT molecular complexity index is 317. The number of rotatable bonds is 6. The quantitative estimate of drug-likeness (QED) is 0.770. The Hall–Kier alpha value is -1.10. The summed E-state index contributed by atoms with van der Waals surface area (Å²) in [6.07, 6.45) is 3.45. The van der Waals surface area contributed by atoms with Gasteiger partial charge < -0.3 is 15.2 Å². The predicted molar refractivity (Wildman–Crippen MR) is 71.7 cm³/mol. The van der Waals surface area contributed by atoms with Crippen molar-refractivity contribution < 1.29 is 19.4 Å². The van der Waals surface area contributed by atoms with Crippen LogP contribution in [0.25, 0.3) is 0 Å². The van der Waals surface area contributed by atoms with E-state index >= 15 is 0 Å². The largest absolute Gasteiger partial charge is 0.480 e. The van der Waals surface area contributed by atoms with Crippen molar-refractivity contribution in [3.05, 3.63) is 0 Å². The molecule has 1 aliphatic carbocycles. The fraction of sp³-hybridized carbons (Fsp3) is 0.857. The van der Waals surface area contributed by atoms with E-state index in [1.807, 2.05) is 0 Å². The zero-order valence-electron chi connectivity index (χ0n) is 12.0. The summed E-state index contributed by atoms with van der Waals surface area (Å²) in [6.45, 7) is 6.17. The lowest BCUT2D eigenvalue weighted by Crippen LogP contribution is -2.38. The van der Waals surface area contributed by atoms with E-state index in [1.165, 1.54) is 6.42 Å². The first-order valence-corrected chi connectivity index (χ1v) is 7.00. The van der Waals surface area contributed by atoms with Crippen LogP contribution in [-0.2, 0) is 14.3 Å². The third-order valence-electron chi connectivity index (χ3n) is 3.83. The molecule has 5 heteroatoms. The summed E-state index contributed by atoms with van der Waals surface area (Å²) in [6, 6.07) is 0. The molecule has 1 saturated carbocycles. The molecule has 1 aliphatic rings. The molecule has 0 saturated heterocycles. The van der Waals surface area contributed by atoms with Crippen LogP contribution < -0.4 is 5.32 Å². The maximum Gasteiger partial charge on any atom is 0.322 e. The van der Waals surface area contributed by atoms with Gasteiger partial charge in [-0.25, -0.2) is 0 Å². The van der Waals surface area contributed by atoms with Crippen LogP contribution in [0.2, 0.25) is 0 Å². The molecule has 1 rings (SSSR count). The molecule has 1 amide bonds. The molecule has 0 aliphatic heterocycles. The zero-order valence-corrected chi connectivity index (χ0v) is 12.0. The van der Waals surface area contributed by atoms with Crippen LogP contribution >= 0.6 is 0 Å². The molecule has 3 atom stereocenters. The summed E-state index contributed by atoms with van der Waals surface area (Å²) in [7, 11) is 0. The number of aliphatic carboxylic acids is 1. The van der Waals surface area contributed by atoms with Crippen LogP contribution in [0.4, 0.5) is 0 Å². The molecule has 19 heavy (non-hydrogen) atoms. The molecule has 5 nitrogen and oxygen atoms in total. The summed E-state index contributed by atoms with van der Waals surface area (Å²) in [4.78, 5) is 21.8. The van der Waals surface area contributed by atoms with Gasteiger partial charge in [0.05, 0.1) is 6.10 Å². The Morgan fingerprint density at radius 2 is 2.05 bits per heavy atom. The third kappa shape index (κ3) is 5.59. The van der Waals surface area contributed by atoms with Gasteiger partial charge in [-0.2, -0.15) is 0 Å². The van der Waals surface area contributed by atoms with Crippen LogP contribution in [0.3, 0.4) is 0 Å². The van der Waals surface area contributed by atoms with Crippen molar-refractivity contribution in [2.24, 2.45) is 17.8 Å². The Morgan fingerprint density at radius 1 is 1.37 bits per heavy atom. The lowest BCUT2D eigenvalue weighted by atomic mass is 9.75. The minimum absolute atomic E-state index is 0.0477. The minimum Gasteiger partial charge on any atom is -0.480 e. The molecule has 2 N–H and O–H groups in total. The molecule has 0 radical (unpaired) electrons. The van der Waals surface area contributed by atoms with Crippen LogP contribution in [0.15, 0.2) is 0 Å². The first-order chi connectivity index (χ1) is 8.90. The maximum absolute atomic E-state index is 11.4. The number of carboxylic acids is 1. The second-order valence-electron chi connectivity index (χ2n) is 5.85. The van der Waals surface area contributed by atoms with E-state index in [0.29, 0.717) is 17.8 Å². The number of hydrogen-bond donors (Lipinski definition) is 2. The van der Waals surface area contributed by atoms with E-state index in [2.05, 4.69) is 26.1 Å². The summed E-state index contributed by atoms with van der Waals surface area (Å²) in [5.41, 5.74) is 0. The van der Waals surface area contributed by atoms with Crippen molar-refractivity contribution in [2.45, 2.75) is 46.1 Å². The van der Waals surface area contributed by atoms with E-state index in [-0.39, 0.29) is 25.2 Å². The summed E-state index contributed by atoms with van der Waals surface area (Å²) in [5, 5.41) is 10.8. The number of carbonyl (C=O) groups excluding carboxylic acids is 1. The van der Waals surface area contributed by atoms with Gasteiger partial charge in [0.15, 0.2) is 0 Å².